The molecule has 166 valence electrons. The average molecular weight is 474 g/mol. The molecule has 0 radical (unpaired) electrons. The first-order valence-electron chi connectivity index (χ1n) is 9.19. The molecular formula is C20H18ClF2NO6S. The average Bonchev–Trinajstić information content (AvgIpc) is 2.75. The van der Waals surface area contributed by atoms with Crippen molar-refractivity contribution in [2.45, 2.75) is 17.9 Å². The highest BCUT2D eigenvalue weighted by Crippen LogP contribution is 2.27. The molecule has 1 aliphatic rings. The molecule has 1 aliphatic heterocycles. The third kappa shape index (κ3) is 5.09. The summed E-state index contributed by atoms with van der Waals surface area (Å²) in [6.45, 7) is 2.04. The smallest absolute Gasteiger partial charge is 0.338 e. The highest BCUT2D eigenvalue weighted by atomic mass is 35.5. The zero-order valence-electron chi connectivity index (χ0n) is 16.3. The van der Waals surface area contributed by atoms with Crippen molar-refractivity contribution < 1.29 is 36.3 Å². The van der Waals surface area contributed by atoms with E-state index in [1.54, 1.807) is 0 Å². The lowest BCUT2D eigenvalue weighted by Gasteiger charge is -2.26. The molecule has 3 rings (SSSR count). The molecule has 2 aromatic carbocycles. The number of hydrogen-bond donors (Lipinski definition) is 0. The summed E-state index contributed by atoms with van der Waals surface area (Å²) in [5.74, 6) is -4.04. The van der Waals surface area contributed by atoms with Crippen molar-refractivity contribution in [3.63, 3.8) is 0 Å². The van der Waals surface area contributed by atoms with Crippen molar-refractivity contribution in [3.05, 3.63) is 64.2 Å². The molecule has 1 unspecified atom stereocenters. The van der Waals surface area contributed by atoms with E-state index in [4.69, 9.17) is 21.1 Å². The third-order valence-electron chi connectivity index (χ3n) is 4.61. The van der Waals surface area contributed by atoms with Crippen molar-refractivity contribution in [1.82, 2.24) is 4.31 Å². The number of benzene rings is 2. The summed E-state index contributed by atoms with van der Waals surface area (Å²) in [6.07, 6.45) is -1.33. The number of rotatable bonds is 6. The van der Waals surface area contributed by atoms with Crippen LogP contribution < -0.4 is 0 Å². The van der Waals surface area contributed by atoms with Crippen LogP contribution in [0.1, 0.15) is 27.6 Å². The van der Waals surface area contributed by atoms with Crippen LogP contribution in [0.25, 0.3) is 0 Å². The highest BCUT2D eigenvalue weighted by molar-refractivity contribution is 7.89. The van der Waals surface area contributed by atoms with Gasteiger partial charge in [0.1, 0.15) is 4.90 Å². The molecule has 1 fully saturated rings. The molecule has 31 heavy (non-hydrogen) atoms. The number of ether oxygens (including phenoxy) is 2. The number of morpholine rings is 1. The molecular weight excluding hydrogens is 456 g/mol. The monoisotopic (exact) mass is 473 g/mol. The Morgan fingerprint density at radius 3 is 2.35 bits per heavy atom. The number of carbonyl (C=O) groups excluding carboxylic acids is 2. The Morgan fingerprint density at radius 2 is 1.71 bits per heavy atom. The summed E-state index contributed by atoms with van der Waals surface area (Å²) in [5.41, 5.74) is -0.313. The number of nitrogens with zero attached hydrogens (tertiary/aromatic N) is 1. The number of ketones is 1. The van der Waals surface area contributed by atoms with E-state index in [1.165, 1.54) is 23.4 Å². The van der Waals surface area contributed by atoms with Crippen molar-refractivity contribution >= 4 is 33.4 Å². The Hall–Kier alpha value is -2.40. The van der Waals surface area contributed by atoms with Gasteiger partial charge in [-0.25, -0.2) is 22.0 Å². The number of halogens is 3. The van der Waals surface area contributed by atoms with Crippen LogP contribution >= 0.6 is 11.6 Å². The summed E-state index contributed by atoms with van der Waals surface area (Å²) >= 11 is 6.06. The third-order valence-corrected chi connectivity index (χ3v) is 6.99. The first-order valence-corrected chi connectivity index (χ1v) is 11.0. The van der Waals surface area contributed by atoms with Gasteiger partial charge >= 0.3 is 5.97 Å². The van der Waals surface area contributed by atoms with Gasteiger partial charge in [-0.05, 0) is 43.3 Å². The van der Waals surface area contributed by atoms with Gasteiger partial charge in [0.25, 0.3) is 0 Å². The van der Waals surface area contributed by atoms with E-state index in [1.807, 2.05) is 0 Å². The Bertz CT molecular complexity index is 1120. The lowest BCUT2D eigenvalue weighted by molar-refractivity contribution is 0.0318. The lowest BCUT2D eigenvalue weighted by Crippen LogP contribution is -2.40. The second-order valence-corrected chi connectivity index (χ2v) is 9.02. The van der Waals surface area contributed by atoms with Gasteiger partial charge in [0, 0.05) is 18.7 Å². The molecule has 1 atom stereocenters. The standard InChI is InChI=1S/C20H18ClF2NO6S/c1-12(19(25)13-3-5-16(22)17(23)10-13)30-20(26)14-2-4-15(21)18(11-14)31(27,28)24-6-8-29-9-7-24/h2-5,10-12H,6-9H2,1H3. The van der Waals surface area contributed by atoms with Crippen LogP contribution in [0.5, 0.6) is 0 Å². The van der Waals surface area contributed by atoms with Gasteiger partial charge in [-0.1, -0.05) is 11.6 Å². The molecule has 0 aromatic heterocycles. The first kappa shape index (κ1) is 23.3. The summed E-state index contributed by atoms with van der Waals surface area (Å²) in [5, 5.41) is -0.0750. The van der Waals surface area contributed by atoms with E-state index in [-0.39, 0.29) is 47.3 Å². The van der Waals surface area contributed by atoms with Gasteiger partial charge in [0.2, 0.25) is 15.8 Å². The number of sulfonamides is 1. The van der Waals surface area contributed by atoms with Crippen LogP contribution in [0, 0.1) is 11.6 Å². The number of Topliss-reactive ketones (excluding diaryl/α,β-unsaturated/α-hetero) is 1. The van der Waals surface area contributed by atoms with Crippen LogP contribution in [0.3, 0.4) is 0 Å². The molecule has 11 heteroatoms. The Balaban J connectivity index is 1.79. The maximum absolute atomic E-state index is 13.4. The zero-order valence-corrected chi connectivity index (χ0v) is 17.9. The topological polar surface area (TPSA) is 90.0 Å². The minimum atomic E-state index is -3.98. The van der Waals surface area contributed by atoms with Crippen LogP contribution in [0.15, 0.2) is 41.3 Å². The van der Waals surface area contributed by atoms with Crippen molar-refractivity contribution in [2.24, 2.45) is 0 Å². The predicted molar refractivity (Wildman–Crippen MR) is 107 cm³/mol. The van der Waals surface area contributed by atoms with Gasteiger partial charge in [0.05, 0.1) is 23.8 Å². The Labute approximate surface area is 182 Å². The van der Waals surface area contributed by atoms with Crippen molar-refractivity contribution in [3.8, 4) is 0 Å². The second kappa shape index (κ2) is 9.39. The lowest BCUT2D eigenvalue weighted by atomic mass is 10.1. The van der Waals surface area contributed by atoms with Crippen LogP contribution in [-0.4, -0.2) is 56.9 Å². The minimum Gasteiger partial charge on any atom is -0.451 e. The zero-order chi connectivity index (χ0) is 22.8. The molecule has 0 bridgehead atoms. The van der Waals surface area contributed by atoms with Gasteiger partial charge in [-0.2, -0.15) is 4.31 Å². The summed E-state index contributed by atoms with van der Waals surface area (Å²) in [7, 11) is -3.98. The fourth-order valence-corrected chi connectivity index (χ4v) is 4.83. The molecule has 7 nitrogen and oxygen atoms in total. The molecule has 0 saturated carbocycles. The minimum absolute atomic E-state index is 0.0750. The highest BCUT2D eigenvalue weighted by Gasteiger charge is 2.30. The second-order valence-electron chi connectivity index (χ2n) is 6.70. The molecule has 0 spiro atoms. The molecule has 0 N–H and O–H groups in total. The van der Waals surface area contributed by atoms with Gasteiger partial charge < -0.3 is 9.47 Å². The number of hydrogen-bond acceptors (Lipinski definition) is 6. The van der Waals surface area contributed by atoms with E-state index in [0.29, 0.717) is 6.07 Å². The van der Waals surface area contributed by atoms with E-state index in [2.05, 4.69) is 0 Å². The Kier molecular flexibility index (Phi) is 7.05. The number of carbonyl (C=O) groups is 2. The maximum atomic E-state index is 13.4. The molecule has 0 amide bonds. The molecule has 1 saturated heterocycles. The fourth-order valence-electron chi connectivity index (χ4n) is 2.92. The maximum Gasteiger partial charge on any atom is 0.338 e. The SMILES string of the molecule is CC(OC(=O)c1ccc(Cl)c(S(=O)(=O)N2CCOCC2)c1)C(=O)c1ccc(F)c(F)c1. The van der Waals surface area contributed by atoms with Crippen LogP contribution in [0.2, 0.25) is 5.02 Å². The van der Waals surface area contributed by atoms with E-state index < -0.39 is 39.5 Å². The fraction of sp³-hybridized carbons (Fsp3) is 0.300. The quantitative estimate of drug-likeness (QED) is 0.473. The normalized spacial score (nSPS) is 16.0. The summed E-state index contributed by atoms with van der Waals surface area (Å²) in [4.78, 5) is 24.6. The van der Waals surface area contributed by atoms with E-state index in [0.717, 1.165) is 18.2 Å². The molecule has 0 aliphatic carbocycles. The molecule has 1 heterocycles. The van der Waals surface area contributed by atoms with Crippen LogP contribution in [-0.2, 0) is 19.5 Å². The summed E-state index contributed by atoms with van der Waals surface area (Å²) in [6, 6.07) is 6.14. The Morgan fingerprint density at radius 1 is 1.06 bits per heavy atom. The van der Waals surface area contributed by atoms with E-state index >= 15 is 0 Å². The summed E-state index contributed by atoms with van der Waals surface area (Å²) < 4.78 is 63.6. The predicted octanol–water partition coefficient (Wildman–Crippen LogP) is 3.07. The van der Waals surface area contributed by atoms with Crippen molar-refractivity contribution in [2.75, 3.05) is 26.3 Å². The van der Waals surface area contributed by atoms with Crippen LogP contribution in [0.4, 0.5) is 8.78 Å². The number of esters is 1. The molecule has 2 aromatic rings. The van der Waals surface area contributed by atoms with E-state index in [9.17, 15) is 26.8 Å². The largest absolute Gasteiger partial charge is 0.451 e. The van der Waals surface area contributed by atoms with Gasteiger partial charge in [-0.15, -0.1) is 0 Å². The van der Waals surface area contributed by atoms with Gasteiger partial charge in [-0.3, -0.25) is 4.79 Å². The van der Waals surface area contributed by atoms with Crippen molar-refractivity contribution in [1.29, 1.82) is 0 Å². The van der Waals surface area contributed by atoms with Gasteiger partial charge in [0.15, 0.2) is 17.7 Å². The first-order chi connectivity index (χ1) is 14.6.